The number of hydrogen-bond acceptors (Lipinski definition) is 5. The normalized spacial score (nSPS) is 21.1. The number of rotatable bonds is 2. The van der Waals surface area contributed by atoms with Crippen molar-refractivity contribution in [2.24, 2.45) is 0 Å². The van der Waals surface area contributed by atoms with Crippen LogP contribution in [0.5, 0.6) is 0 Å². The first-order valence-corrected chi connectivity index (χ1v) is 11.2. The average molecular weight is 477 g/mol. The molecule has 1 amide bonds. The number of amides is 1. The fraction of sp³-hybridized carbons (Fsp3) is 0.458. The van der Waals surface area contributed by atoms with Gasteiger partial charge in [-0.3, -0.25) is 9.78 Å². The number of carboxylic acids is 1. The SMILES string of the molecule is O=C(O)C(F)(F)F.O=C([C@H]1CCCO1)N1CCC2(CC1)CN(c1cccnc1)c1ccccc12. The summed E-state index contributed by atoms with van der Waals surface area (Å²) in [5, 5.41) is 7.12. The molecule has 2 fully saturated rings. The Morgan fingerprint density at radius 1 is 1.12 bits per heavy atom. The van der Waals surface area contributed by atoms with Crippen LogP contribution in [0.2, 0.25) is 0 Å². The second-order valence-electron chi connectivity index (χ2n) is 8.72. The quantitative estimate of drug-likeness (QED) is 0.707. The number of likely N-dealkylation sites (tertiary alicyclic amines) is 1. The third-order valence-electron chi connectivity index (χ3n) is 6.66. The van der Waals surface area contributed by atoms with Crippen molar-refractivity contribution in [1.82, 2.24) is 9.88 Å². The van der Waals surface area contributed by atoms with Crippen molar-refractivity contribution < 1.29 is 32.6 Å². The first-order valence-electron chi connectivity index (χ1n) is 11.2. The Morgan fingerprint density at radius 2 is 1.82 bits per heavy atom. The van der Waals surface area contributed by atoms with E-state index in [2.05, 4.69) is 40.2 Å². The second kappa shape index (κ2) is 9.61. The Morgan fingerprint density at radius 3 is 2.41 bits per heavy atom. The number of anilines is 2. The van der Waals surface area contributed by atoms with E-state index in [4.69, 9.17) is 14.6 Å². The second-order valence-corrected chi connectivity index (χ2v) is 8.72. The van der Waals surface area contributed by atoms with Gasteiger partial charge in [-0.05, 0) is 49.4 Å². The number of nitrogens with zero attached hydrogens (tertiary/aromatic N) is 3. The molecular formula is C24H26F3N3O4. The van der Waals surface area contributed by atoms with Gasteiger partial charge in [-0.2, -0.15) is 13.2 Å². The molecule has 0 radical (unpaired) electrons. The summed E-state index contributed by atoms with van der Waals surface area (Å²) in [6.45, 7) is 3.31. The Kier molecular flexibility index (Phi) is 6.79. The van der Waals surface area contributed by atoms with Crippen molar-refractivity contribution >= 4 is 23.3 Å². The third kappa shape index (κ3) is 4.86. The van der Waals surface area contributed by atoms with Gasteiger partial charge in [0.1, 0.15) is 6.10 Å². The maximum atomic E-state index is 12.7. The highest BCUT2D eigenvalue weighted by Gasteiger charge is 2.46. The summed E-state index contributed by atoms with van der Waals surface area (Å²) in [6.07, 6.45) is 2.34. The summed E-state index contributed by atoms with van der Waals surface area (Å²) in [4.78, 5) is 30.3. The number of benzene rings is 1. The summed E-state index contributed by atoms with van der Waals surface area (Å²) in [5.74, 6) is -2.56. The number of carboxylic acid groups (broad SMARTS) is 1. The van der Waals surface area contributed by atoms with Gasteiger partial charge in [0, 0.05) is 43.5 Å². The van der Waals surface area contributed by atoms with Crippen LogP contribution in [0.25, 0.3) is 0 Å². The van der Waals surface area contributed by atoms with Gasteiger partial charge in [-0.25, -0.2) is 4.79 Å². The van der Waals surface area contributed by atoms with E-state index in [1.165, 1.54) is 11.3 Å². The molecule has 3 aliphatic heterocycles. The van der Waals surface area contributed by atoms with Crippen molar-refractivity contribution in [1.29, 1.82) is 0 Å². The summed E-state index contributed by atoms with van der Waals surface area (Å²) in [5.41, 5.74) is 3.95. The lowest BCUT2D eigenvalue weighted by Gasteiger charge is -2.40. The Balaban J connectivity index is 0.000000344. The molecule has 0 aliphatic carbocycles. The molecule has 0 bridgehead atoms. The zero-order chi connectivity index (χ0) is 24.3. The lowest BCUT2D eigenvalue weighted by molar-refractivity contribution is -0.192. The molecule has 4 heterocycles. The number of carbonyl (C=O) groups excluding carboxylic acids is 1. The van der Waals surface area contributed by atoms with E-state index in [0.29, 0.717) is 0 Å². The van der Waals surface area contributed by atoms with Crippen LogP contribution in [0, 0.1) is 0 Å². The summed E-state index contributed by atoms with van der Waals surface area (Å²) in [6, 6.07) is 12.8. The Labute approximate surface area is 195 Å². The Bertz CT molecular complexity index is 1020. The van der Waals surface area contributed by atoms with Crippen LogP contribution in [-0.4, -0.2) is 65.4 Å². The van der Waals surface area contributed by atoms with Gasteiger partial charge in [0.25, 0.3) is 5.91 Å². The van der Waals surface area contributed by atoms with E-state index in [1.807, 2.05) is 23.4 Å². The summed E-state index contributed by atoms with van der Waals surface area (Å²) >= 11 is 0. The van der Waals surface area contributed by atoms with Gasteiger partial charge in [0.05, 0.1) is 11.9 Å². The van der Waals surface area contributed by atoms with Crippen molar-refractivity contribution in [3.8, 4) is 0 Å². The van der Waals surface area contributed by atoms with E-state index in [9.17, 15) is 18.0 Å². The fourth-order valence-electron chi connectivity index (χ4n) is 4.93. The number of carbonyl (C=O) groups is 2. The van der Waals surface area contributed by atoms with Crippen LogP contribution in [0.3, 0.4) is 0 Å². The molecule has 0 unspecified atom stereocenters. The first-order chi connectivity index (χ1) is 16.2. The molecular weight excluding hydrogens is 451 g/mol. The maximum Gasteiger partial charge on any atom is 0.490 e. The minimum atomic E-state index is -5.08. The van der Waals surface area contributed by atoms with Crippen molar-refractivity contribution in [2.75, 3.05) is 31.1 Å². The van der Waals surface area contributed by atoms with Crippen LogP contribution >= 0.6 is 0 Å². The van der Waals surface area contributed by atoms with E-state index in [-0.39, 0.29) is 17.4 Å². The molecule has 7 nitrogen and oxygen atoms in total. The molecule has 1 atom stereocenters. The van der Waals surface area contributed by atoms with Gasteiger partial charge in [0.15, 0.2) is 0 Å². The number of hydrogen-bond donors (Lipinski definition) is 1. The van der Waals surface area contributed by atoms with E-state index < -0.39 is 12.1 Å². The molecule has 1 spiro atoms. The summed E-state index contributed by atoms with van der Waals surface area (Å²) in [7, 11) is 0. The minimum absolute atomic E-state index is 0.111. The minimum Gasteiger partial charge on any atom is -0.475 e. The fourth-order valence-corrected chi connectivity index (χ4v) is 4.93. The Hall–Kier alpha value is -3.14. The predicted molar refractivity (Wildman–Crippen MR) is 118 cm³/mol. The predicted octanol–water partition coefficient (Wildman–Crippen LogP) is 3.91. The number of para-hydroxylation sites is 1. The highest BCUT2D eigenvalue weighted by atomic mass is 19.4. The molecule has 3 aliphatic rings. The van der Waals surface area contributed by atoms with Gasteiger partial charge in [0.2, 0.25) is 0 Å². The number of alkyl halides is 3. The number of piperidine rings is 1. The smallest absolute Gasteiger partial charge is 0.475 e. The molecule has 2 aromatic rings. The van der Waals surface area contributed by atoms with Crippen LogP contribution in [0.1, 0.15) is 31.2 Å². The largest absolute Gasteiger partial charge is 0.490 e. The highest BCUT2D eigenvalue weighted by molar-refractivity contribution is 5.81. The molecule has 0 saturated carbocycles. The van der Waals surface area contributed by atoms with E-state index in [1.54, 1.807) is 0 Å². The van der Waals surface area contributed by atoms with Gasteiger partial charge >= 0.3 is 12.1 Å². The van der Waals surface area contributed by atoms with Crippen LogP contribution < -0.4 is 4.90 Å². The molecule has 182 valence electrons. The van der Waals surface area contributed by atoms with E-state index in [0.717, 1.165) is 57.6 Å². The molecule has 1 N–H and O–H groups in total. The first kappa shape index (κ1) is 24.0. The summed E-state index contributed by atoms with van der Waals surface area (Å²) < 4.78 is 37.3. The van der Waals surface area contributed by atoms with Crippen molar-refractivity contribution in [3.05, 3.63) is 54.4 Å². The molecule has 10 heteroatoms. The highest BCUT2D eigenvalue weighted by Crippen LogP contribution is 2.49. The lowest BCUT2D eigenvalue weighted by Crippen LogP contribution is -2.49. The zero-order valence-electron chi connectivity index (χ0n) is 18.5. The average Bonchev–Trinajstić information content (AvgIpc) is 3.48. The number of aliphatic carboxylic acids is 1. The van der Waals surface area contributed by atoms with Gasteiger partial charge in [-0.15, -0.1) is 0 Å². The number of ether oxygens (including phenoxy) is 1. The molecule has 2 saturated heterocycles. The number of aromatic nitrogens is 1. The molecule has 34 heavy (non-hydrogen) atoms. The van der Waals surface area contributed by atoms with Gasteiger partial charge in [-0.1, -0.05) is 18.2 Å². The zero-order valence-corrected chi connectivity index (χ0v) is 18.5. The topological polar surface area (TPSA) is 83.0 Å². The lowest BCUT2D eigenvalue weighted by atomic mass is 9.74. The monoisotopic (exact) mass is 477 g/mol. The number of halogens is 3. The standard InChI is InChI=1S/C22H25N3O2.C2HF3O2/c26-21(20-8-4-14-27-20)24-12-9-22(10-13-24)16-25(17-5-3-11-23-15-17)19-7-2-1-6-18(19)22;3-2(4,5)1(6)7/h1-3,5-7,11,15,20H,4,8-10,12-14,16H2;(H,6,7)/t20-;/m1./s1. The van der Waals surface area contributed by atoms with Crippen LogP contribution in [0.15, 0.2) is 48.8 Å². The van der Waals surface area contributed by atoms with Crippen LogP contribution in [0.4, 0.5) is 24.5 Å². The van der Waals surface area contributed by atoms with Crippen molar-refractivity contribution in [3.63, 3.8) is 0 Å². The number of pyridine rings is 1. The maximum absolute atomic E-state index is 12.7. The van der Waals surface area contributed by atoms with Gasteiger partial charge < -0.3 is 19.6 Å². The van der Waals surface area contributed by atoms with Crippen molar-refractivity contribution in [2.45, 2.75) is 43.4 Å². The molecule has 1 aromatic heterocycles. The van der Waals surface area contributed by atoms with Crippen LogP contribution in [-0.2, 0) is 19.7 Å². The third-order valence-corrected chi connectivity index (χ3v) is 6.66. The molecule has 1 aromatic carbocycles. The number of fused-ring (bicyclic) bond motifs is 2. The molecule has 5 rings (SSSR count). The van der Waals surface area contributed by atoms with E-state index >= 15 is 0 Å².